The second-order valence-corrected chi connectivity index (χ2v) is 9.17. The minimum atomic E-state index is -0.626. The van der Waals surface area contributed by atoms with Gasteiger partial charge in [-0.3, -0.25) is 29.4 Å². The topological polar surface area (TPSA) is 112 Å². The van der Waals surface area contributed by atoms with Crippen molar-refractivity contribution in [1.82, 2.24) is 20.1 Å². The fourth-order valence-electron chi connectivity index (χ4n) is 5.09. The number of carbonyl (C=O) groups excluding carboxylic acids is 3. The summed E-state index contributed by atoms with van der Waals surface area (Å²) in [5, 5.41) is 2.32. The minimum Gasteiger partial charge on any atom is -0.492 e. The van der Waals surface area contributed by atoms with E-state index in [-0.39, 0.29) is 29.8 Å². The highest BCUT2D eigenvalue weighted by Gasteiger charge is 2.39. The number of ether oxygens (including phenoxy) is 1. The summed E-state index contributed by atoms with van der Waals surface area (Å²) in [5.74, 6) is -0.222. The van der Waals surface area contributed by atoms with Gasteiger partial charge in [-0.05, 0) is 55.6 Å². The van der Waals surface area contributed by atoms with E-state index in [9.17, 15) is 19.2 Å². The molecule has 0 bridgehead atoms. The normalized spacial score (nSPS) is 23.1. The van der Waals surface area contributed by atoms with Gasteiger partial charge in [0, 0.05) is 42.9 Å². The minimum absolute atomic E-state index is 0.0587. The van der Waals surface area contributed by atoms with Crippen LogP contribution >= 0.6 is 0 Å². The number of piperidine rings is 2. The number of carbonyl (C=O) groups is 3. The largest absolute Gasteiger partial charge is 0.492 e. The lowest BCUT2D eigenvalue weighted by Crippen LogP contribution is -2.52. The molecule has 9 nitrogen and oxygen atoms in total. The Hall–Kier alpha value is -3.46. The maximum absolute atomic E-state index is 12.9. The van der Waals surface area contributed by atoms with E-state index in [1.165, 1.54) is 4.90 Å². The highest BCUT2D eigenvalue weighted by molar-refractivity contribution is 6.05. The van der Waals surface area contributed by atoms with Crippen LogP contribution in [0.3, 0.4) is 0 Å². The SMILES string of the molecule is O=C1CCC(N2Cc3cc(OC[C@H]4CCCCN4Cc4ccc[nH]c4=O)ccc3C2=O)C(=O)N1. The van der Waals surface area contributed by atoms with Crippen molar-refractivity contribution in [3.05, 3.63) is 63.6 Å². The molecule has 178 valence electrons. The van der Waals surface area contributed by atoms with Gasteiger partial charge in [-0.25, -0.2) is 0 Å². The third-order valence-electron chi connectivity index (χ3n) is 6.96. The monoisotopic (exact) mass is 464 g/mol. The number of nitrogens with zero attached hydrogens (tertiary/aromatic N) is 2. The number of H-pyrrole nitrogens is 1. The third-order valence-corrected chi connectivity index (χ3v) is 6.96. The molecule has 2 atom stereocenters. The highest BCUT2D eigenvalue weighted by atomic mass is 16.5. The molecule has 4 heterocycles. The Morgan fingerprint density at radius 1 is 1.06 bits per heavy atom. The first kappa shape index (κ1) is 22.3. The summed E-state index contributed by atoms with van der Waals surface area (Å²) in [6, 6.07) is 8.68. The first-order valence-corrected chi connectivity index (χ1v) is 11.8. The molecule has 2 saturated heterocycles. The van der Waals surface area contributed by atoms with E-state index in [0.29, 0.717) is 37.4 Å². The molecule has 1 aromatic carbocycles. The zero-order valence-corrected chi connectivity index (χ0v) is 18.9. The maximum Gasteiger partial charge on any atom is 0.255 e. The average molecular weight is 465 g/mol. The molecular weight excluding hydrogens is 436 g/mol. The van der Waals surface area contributed by atoms with Gasteiger partial charge in [0.15, 0.2) is 0 Å². The van der Waals surface area contributed by atoms with Crippen LogP contribution in [0.2, 0.25) is 0 Å². The van der Waals surface area contributed by atoms with Crippen molar-refractivity contribution in [2.75, 3.05) is 13.2 Å². The number of hydrogen-bond acceptors (Lipinski definition) is 6. The Bertz CT molecular complexity index is 1180. The van der Waals surface area contributed by atoms with Crippen molar-refractivity contribution in [2.24, 2.45) is 0 Å². The quantitative estimate of drug-likeness (QED) is 0.628. The van der Waals surface area contributed by atoms with Crippen LogP contribution in [0.5, 0.6) is 5.75 Å². The number of aromatic amines is 1. The lowest BCUT2D eigenvalue weighted by atomic mass is 10.0. The molecule has 1 unspecified atom stereocenters. The van der Waals surface area contributed by atoms with Crippen molar-refractivity contribution < 1.29 is 19.1 Å². The second kappa shape index (κ2) is 9.42. The average Bonchev–Trinajstić information content (AvgIpc) is 3.15. The molecule has 3 amide bonds. The van der Waals surface area contributed by atoms with Crippen molar-refractivity contribution in [1.29, 1.82) is 0 Å². The van der Waals surface area contributed by atoms with Crippen LogP contribution < -0.4 is 15.6 Å². The van der Waals surface area contributed by atoms with E-state index in [0.717, 1.165) is 36.9 Å². The van der Waals surface area contributed by atoms with Gasteiger partial charge in [-0.15, -0.1) is 0 Å². The van der Waals surface area contributed by atoms with Crippen LogP contribution in [0.15, 0.2) is 41.3 Å². The Kier molecular flexibility index (Phi) is 6.19. The summed E-state index contributed by atoms with van der Waals surface area (Å²) in [6.45, 7) is 2.32. The van der Waals surface area contributed by atoms with Gasteiger partial charge in [0.05, 0.1) is 0 Å². The van der Waals surface area contributed by atoms with Gasteiger partial charge in [0.2, 0.25) is 11.8 Å². The number of pyridine rings is 1. The molecule has 34 heavy (non-hydrogen) atoms. The molecule has 5 rings (SSSR count). The van der Waals surface area contributed by atoms with Gasteiger partial charge >= 0.3 is 0 Å². The molecule has 9 heteroatoms. The molecule has 1 aromatic heterocycles. The number of rotatable bonds is 6. The Balaban J connectivity index is 1.24. The summed E-state index contributed by atoms with van der Waals surface area (Å²) in [7, 11) is 0. The Morgan fingerprint density at radius 3 is 2.76 bits per heavy atom. The number of hydrogen-bond donors (Lipinski definition) is 2. The van der Waals surface area contributed by atoms with Crippen molar-refractivity contribution >= 4 is 17.7 Å². The number of likely N-dealkylation sites (tertiary alicyclic amines) is 1. The van der Waals surface area contributed by atoms with Crippen LogP contribution in [0.4, 0.5) is 0 Å². The number of amides is 3. The van der Waals surface area contributed by atoms with Crippen molar-refractivity contribution in [3.63, 3.8) is 0 Å². The predicted octanol–water partition coefficient (Wildman–Crippen LogP) is 1.57. The summed E-state index contributed by atoms with van der Waals surface area (Å²) >= 11 is 0. The number of nitrogens with one attached hydrogen (secondary N) is 2. The van der Waals surface area contributed by atoms with Crippen LogP contribution in [0.25, 0.3) is 0 Å². The second-order valence-electron chi connectivity index (χ2n) is 9.17. The summed E-state index contributed by atoms with van der Waals surface area (Å²) in [5.41, 5.74) is 2.08. The maximum atomic E-state index is 12.9. The third kappa shape index (κ3) is 4.48. The van der Waals surface area contributed by atoms with Gasteiger partial charge in [0.25, 0.3) is 11.5 Å². The number of fused-ring (bicyclic) bond motifs is 1. The molecular formula is C25H28N4O5. The standard InChI is InChI=1S/C25H28N4O5/c30-22-9-8-21(24(32)27-22)29-14-17-12-19(6-7-20(17)25(29)33)34-15-18-5-1-2-11-28(18)13-16-4-3-10-26-23(16)31/h3-4,6-7,10,12,18,21H,1-2,5,8-9,11,13-15H2,(H,26,31)(H,27,30,32)/t18-,21?/m1/s1. The molecule has 0 aliphatic carbocycles. The summed E-state index contributed by atoms with van der Waals surface area (Å²) in [6.07, 6.45) is 5.43. The van der Waals surface area contributed by atoms with E-state index in [2.05, 4.69) is 15.2 Å². The van der Waals surface area contributed by atoms with Gasteiger partial charge in [-0.2, -0.15) is 0 Å². The van der Waals surface area contributed by atoms with E-state index in [1.807, 2.05) is 18.2 Å². The van der Waals surface area contributed by atoms with Gasteiger partial charge < -0.3 is 14.6 Å². The van der Waals surface area contributed by atoms with Crippen LogP contribution in [-0.2, 0) is 22.7 Å². The highest BCUT2D eigenvalue weighted by Crippen LogP contribution is 2.30. The molecule has 2 fully saturated rings. The molecule has 2 aromatic rings. The van der Waals surface area contributed by atoms with E-state index < -0.39 is 11.9 Å². The first-order chi connectivity index (χ1) is 16.5. The molecule has 3 aliphatic rings. The van der Waals surface area contributed by atoms with Crippen LogP contribution in [-0.4, -0.2) is 57.7 Å². The lowest BCUT2D eigenvalue weighted by molar-refractivity contribution is -0.136. The molecule has 3 aliphatic heterocycles. The smallest absolute Gasteiger partial charge is 0.255 e. The van der Waals surface area contributed by atoms with Crippen LogP contribution in [0.1, 0.15) is 53.6 Å². The number of imide groups is 1. The number of benzene rings is 1. The summed E-state index contributed by atoms with van der Waals surface area (Å²) < 4.78 is 6.14. The zero-order chi connectivity index (χ0) is 23.7. The van der Waals surface area contributed by atoms with Gasteiger partial charge in [-0.1, -0.05) is 12.5 Å². The Morgan fingerprint density at radius 2 is 1.94 bits per heavy atom. The first-order valence-electron chi connectivity index (χ1n) is 11.8. The molecule has 0 spiro atoms. The number of aromatic nitrogens is 1. The zero-order valence-electron chi connectivity index (χ0n) is 18.9. The fourth-order valence-corrected chi connectivity index (χ4v) is 5.09. The van der Waals surface area contributed by atoms with E-state index >= 15 is 0 Å². The van der Waals surface area contributed by atoms with Crippen molar-refractivity contribution in [3.8, 4) is 5.75 Å². The van der Waals surface area contributed by atoms with E-state index in [4.69, 9.17) is 4.74 Å². The Labute approximate surface area is 197 Å². The van der Waals surface area contributed by atoms with Crippen molar-refractivity contribution in [2.45, 2.75) is 57.3 Å². The molecule has 0 saturated carbocycles. The van der Waals surface area contributed by atoms with Gasteiger partial charge in [0.1, 0.15) is 18.4 Å². The van der Waals surface area contributed by atoms with Crippen LogP contribution in [0, 0.1) is 0 Å². The predicted molar refractivity (Wildman–Crippen MR) is 123 cm³/mol. The fraction of sp³-hybridized carbons (Fsp3) is 0.440. The lowest BCUT2D eigenvalue weighted by Gasteiger charge is -2.35. The summed E-state index contributed by atoms with van der Waals surface area (Å²) in [4.78, 5) is 55.2. The molecule has 0 radical (unpaired) electrons. The molecule has 2 N–H and O–H groups in total. The van der Waals surface area contributed by atoms with E-state index in [1.54, 1.807) is 18.3 Å².